The van der Waals surface area contributed by atoms with Crippen LogP contribution in [0.4, 0.5) is 13.2 Å². The Hall–Kier alpha value is -1.87. The van der Waals surface area contributed by atoms with Gasteiger partial charge in [-0.1, -0.05) is 13.3 Å². The highest BCUT2D eigenvalue weighted by atomic mass is 32.2. The topological polar surface area (TPSA) is 88.8 Å². The molecule has 1 heterocycles. The van der Waals surface area contributed by atoms with Crippen LogP contribution in [-0.2, 0) is 29.0 Å². The molecule has 5 nitrogen and oxygen atoms in total. The largest absolute Gasteiger partial charge is 0.417 e. The molecule has 27 heavy (non-hydrogen) atoms. The first-order valence-corrected chi connectivity index (χ1v) is 10.5. The average Bonchev–Trinajstić information content (AvgIpc) is 3.20. The predicted octanol–water partition coefficient (Wildman–Crippen LogP) is 4.04. The highest BCUT2D eigenvalue weighted by Crippen LogP contribution is 2.46. The molecular weight excluding hydrogens is 379 g/mol. The Bertz CT molecular complexity index is 918. The fourth-order valence-corrected chi connectivity index (χ4v) is 4.25. The van der Waals surface area contributed by atoms with Gasteiger partial charge in [-0.25, -0.2) is 13.6 Å². The third-order valence-corrected chi connectivity index (χ3v) is 5.82. The predicted molar refractivity (Wildman–Crippen MR) is 95.4 cm³/mol. The molecule has 0 radical (unpaired) electrons. The molecule has 148 valence electrons. The van der Waals surface area contributed by atoms with E-state index in [9.17, 15) is 21.6 Å². The van der Waals surface area contributed by atoms with Crippen molar-refractivity contribution < 1.29 is 21.6 Å². The number of halogens is 3. The Morgan fingerprint density at radius 3 is 2.52 bits per heavy atom. The second kappa shape index (κ2) is 7.27. The molecule has 0 atom stereocenters. The fraction of sp³-hybridized carbons (Fsp3) is 0.500. The van der Waals surface area contributed by atoms with Crippen LogP contribution in [0.1, 0.15) is 49.3 Å². The summed E-state index contributed by atoms with van der Waals surface area (Å²) >= 11 is 0. The second-order valence-electron chi connectivity index (χ2n) is 7.04. The molecule has 0 aliphatic heterocycles. The van der Waals surface area contributed by atoms with Crippen molar-refractivity contribution >= 4 is 10.0 Å². The number of H-pyrrole nitrogens is 1. The first-order chi connectivity index (χ1) is 12.6. The van der Waals surface area contributed by atoms with Gasteiger partial charge in [-0.15, -0.1) is 0 Å². The number of aromatic nitrogens is 2. The van der Waals surface area contributed by atoms with E-state index in [-0.39, 0.29) is 45.9 Å². The Morgan fingerprint density at radius 2 is 2.04 bits per heavy atom. The summed E-state index contributed by atoms with van der Waals surface area (Å²) in [4.78, 5) is -0.204. The third-order valence-electron chi connectivity index (χ3n) is 4.84. The molecule has 3 rings (SSSR count). The van der Waals surface area contributed by atoms with E-state index in [1.165, 1.54) is 12.4 Å². The summed E-state index contributed by atoms with van der Waals surface area (Å²) in [5, 5.41) is 11.7. The van der Waals surface area contributed by atoms with Gasteiger partial charge in [-0.2, -0.15) is 18.3 Å². The number of unbranched alkanes of at least 4 members (excludes halogenated alkanes) is 1. The minimum Gasteiger partial charge on any atom is -0.285 e. The second-order valence-corrected chi connectivity index (χ2v) is 8.57. The number of rotatable bonds is 7. The molecule has 9 heteroatoms. The van der Waals surface area contributed by atoms with Crippen molar-refractivity contribution in [2.45, 2.75) is 56.5 Å². The van der Waals surface area contributed by atoms with Crippen molar-refractivity contribution in [3.63, 3.8) is 0 Å². The van der Waals surface area contributed by atoms with E-state index >= 15 is 0 Å². The summed E-state index contributed by atoms with van der Waals surface area (Å²) in [6.07, 6.45) is 1.35. The van der Waals surface area contributed by atoms with E-state index in [4.69, 9.17) is 5.14 Å². The molecule has 1 fully saturated rings. The van der Waals surface area contributed by atoms with Gasteiger partial charge in [0.2, 0.25) is 10.0 Å². The van der Waals surface area contributed by atoms with Crippen LogP contribution in [-0.4, -0.2) is 18.6 Å². The molecule has 1 saturated carbocycles. The zero-order valence-corrected chi connectivity index (χ0v) is 15.8. The lowest BCUT2D eigenvalue weighted by molar-refractivity contribution is -0.137. The van der Waals surface area contributed by atoms with E-state index in [1.54, 1.807) is 0 Å². The molecule has 2 aromatic rings. The molecule has 0 bridgehead atoms. The summed E-state index contributed by atoms with van der Waals surface area (Å²) in [5.41, 5.74) is -0.555. The van der Waals surface area contributed by atoms with Crippen LogP contribution in [0.2, 0.25) is 0 Å². The van der Waals surface area contributed by atoms with Crippen LogP contribution < -0.4 is 5.14 Å². The van der Waals surface area contributed by atoms with Crippen molar-refractivity contribution in [1.82, 2.24) is 10.2 Å². The zero-order chi connectivity index (χ0) is 19.8. The molecule has 1 aromatic carbocycles. The minimum atomic E-state index is -4.62. The quantitative estimate of drug-likeness (QED) is 0.734. The van der Waals surface area contributed by atoms with Gasteiger partial charge in [-0.05, 0) is 55.2 Å². The standard InChI is InChI=1S/C18H22F3N3O2S/c1-2-3-4-12-8-15(27(22,25)26)14(7-11-5-6-11)16(13-9-23-24-10-13)17(12)18(19,20)21/h8-11H,2-7H2,1H3,(H,23,24)(H2,22,25,26). The maximum atomic E-state index is 14.1. The highest BCUT2D eigenvalue weighted by molar-refractivity contribution is 7.89. The maximum Gasteiger partial charge on any atom is 0.417 e. The summed E-state index contributed by atoms with van der Waals surface area (Å²) in [5.74, 6) is 0.179. The summed E-state index contributed by atoms with van der Waals surface area (Å²) in [7, 11) is -4.17. The van der Waals surface area contributed by atoms with Gasteiger partial charge in [0.15, 0.2) is 0 Å². The van der Waals surface area contributed by atoms with E-state index in [1.807, 2.05) is 6.92 Å². The van der Waals surface area contributed by atoms with Gasteiger partial charge >= 0.3 is 6.18 Å². The Kier molecular flexibility index (Phi) is 5.36. The Morgan fingerprint density at radius 1 is 1.33 bits per heavy atom. The average molecular weight is 401 g/mol. The van der Waals surface area contributed by atoms with Crippen LogP contribution in [0, 0.1) is 5.92 Å². The van der Waals surface area contributed by atoms with E-state index in [0.717, 1.165) is 18.9 Å². The molecule has 1 aliphatic rings. The van der Waals surface area contributed by atoms with E-state index in [0.29, 0.717) is 12.8 Å². The van der Waals surface area contributed by atoms with Gasteiger partial charge in [0.1, 0.15) is 0 Å². The molecule has 0 amide bonds. The van der Waals surface area contributed by atoms with Crippen LogP contribution in [0.5, 0.6) is 0 Å². The van der Waals surface area contributed by atoms with Gasteiger partial charge in [0, 0.05) is 17.3 Å². The van der Waals surface area contributed by atoms with Crippen LogP contribution >= 0.6 is 0 Å². The minimum absolute atomic E-state index is 0.0379. The summed E-state index contributed by atoms with van der Waals surface area (Å²) in [6.45, 7) is 1.87. The van der Waals surface area contributed by atoms with Crippen molar-refractivity contribution in [2.75, 3.05) is 0 Å². The van der Waals surface area contributed by atoms with E-state index < -0.39 is 21.8 Å². The van der Waals surface area contributed by atoms with Gasteiger partial charge in [0.05, 0.1) is 16.7 Å². The van der Waals surface area contributed by atoms with Crippen molar-refractivity contribution in [3.05, 3.63) is 35.2 Å². The number of alkyl halides is 3. The summed E-state index contributed by atoms with van der Waals surface area (Å²) < 4.78 is 66.7. The lowest BCUT2D eigenvalue weighted by atomic mass is 9.87. The maximum absolute atomic E-state index is 14.1. The first kappa shape index (κ1) is 19.9. The van der Waals surface area contributed by atoms with Crippen LogP contribution in [0.3, 0.4) is 0 Å². The molecule has 0 saturated heterocycles. The van der Waals surface area contributed by atoms with Crippen molar-refractivity contribution in [2.24, 2.45) is 11.1 Å². The fourth-order valence-electron chi connectivity index (χ4n) is 3.41. The molecule has 0 unspecified atom stereocenters. The Labute approximate surface area is 156 Å². The zero-order valence-electron chi connectivity index (χ0n) is 14.9. The van der Waals surface area contributed by atoms with E-state index in [2.05, 4.69) is 10.2 Å². The number of nitrogens with two attached hydrogens (primary N) is 1. The number of aromatic amines is 1. The summed E-state index contributed by atoms with van der Waals surface area (Å²) in [6, 6.07) is 1.13. The van der Waals surface area contributed by atoms with Crippen LogP contribution in [0.15, 0.2) is 23.4 Å². The molecule has 1 aromatic heterocycles. The Balaban J connectivity index is 2.38. The van der Waals surface area contributed by atoms with Gasteiger partial charge in [-0.3, -0.25) is 5.10 Å². The number of hydrogen-bond acceptors (Lipinski definition) is 3. The number of nitrogens with one attached hydrogen (secondary N) is 1. The highest BCUT2D eigenvalue weighted by Gasteiger charge is 2.40. The smallest absolute Gasteiger partial charge is 0.285 e. The third kappa shape index (κ3) is 4.35. The lowest BCUT2D eigenvalue weighted by Gasteiger charge is -2.23. The monoisotopic (exact) mass is 401 g/mol. The molecule has 1 aliphatic carbocycles. The van der Waals surface area contributed by atoms with Crippen molar-refractivity contribution in [1.29, 1.82) is 0 Å². The molecule has 0 spiro atoms. The number of nitrogens with zero attached hydrogens (tertiary/aromatic N) is 1. The first-order valence-electron chi connectivity index (χ1n) is 8.90. The molecular formula is C18H22F3N3O2S. The van der Waals surface area contributed by atoms with Gasteiger partial charge in [0.25, 0.3) is 0 Å². The number of primary sulfonamides is 1. The number of hydrogen-bond donors (Lipinski definition) is 2. The number of aryl methyl sites for hydroxylation is 1. The molecule has 3 N–H and O–H groups in total. The van der Waals surface area contributed by atoms with Crippen molar-refractivity contribution in [3.8, 4) is 11.1 Å². The SMILES string of the molecule is CCCCc1cc(S(N)(=O)=O)c(CC2CC2)c(-c2cn[nH]c2)c1C(F)(F)F. The number of sulfonamides is 1. The van der Waals surface area contributed by atoms with Gasteiger partial charge < -0.3 is 0 Å². The number of benzene rings is 1. The van der Waals surface area contributed by atoms with Crippen LogP contribution in [0.25, 0.3) is 11.1 Å². The lowest BCUT2D eigenvalue weighted by Crippen LogP contribution is -2.20. The normalized spacial score (nSPS) is 15.3.